The average molecular weight is 125 g/mol. The molecule has 0 aromatic carbocycles. The van der Waals surface area contributed by atoms with Crippen LogP contribution in [0.5, 0.6) is 0 Å². The third kappa shape index (κ3) is 0.624. The Morgan fingerprint density at radius 1 is 1.67 bits per heavy atom. The molecule has 0 aliphatic carbocycles. The molecule has 1 aliphatic heterocycles. The van der Waals surface area contributed by atoms with Gasteiger partial charge in [0.05, 0.1) is 16.9 Å². The van der Waals surface area contributed by atoms with Crippen LogP contribution in [0.2, 0.25) is 0 Å². The quantitative estimate of drug-likeness (QED) is 0.419. The molecule has 0 spiro atoms. The smallest absolute Gasteiger partial charge is 0.137 e. The number of nitrogens with zero attached hydrogens (tertiary/aromatic N) is 4. The highest BCUT2D eigenvalue weighted by atomic mass is 15.6. The van der Waals surface area contributed by atoms with E-state index in [1.165, 1.54) is 6.42 Å². The van der Waals surface area contributed by atoms with Crippen LogP contribution in [0.4, 0.5) is 0 Å². The van der Waals surface area contributed by atoms with Gasteiger partial charge < -0.3 is 0 Å². The lowest BCUT2D eigenvalue weighted by atomic mass is 10.4. The fraction of sp³-hybridized carbons (Fsp3) is 0.800. The van der Waals surface area contributed by atoms with E-state index >= 15 is 0 Å². The predicted molar refractivity (Wildman–Crippen MR) is 29.5 cm³/mol. The predicted octanol–water partition coefficient (Wildman–Crippen LogP) is -0.951. The van der Waals surface area contributed by atoms with Crippen molar-refractivity contribution in [3.63, 3.8) is 0 Å². The normalized spacial score (nSPS) is 16.1. The van der Waals surface area contributed by atoms with Gasteiger partial charge in [-0.3, -0.25) is 0 Å². The lowest BCUT2D eigenvalue weighted by molar-refractivity contribution is -0.750. The van der Waals surface area contributed by atoms with Crippen LogP contribution in [0.15, 0.2) is 0 Å². The van der Waals surface area contributed by atoms with Gasteiger partial charge in [0.2, 0.25) is 0 Å². The van der Waals surface area contributed by atoms with E-state index in [0.717, 1.165) is 18.8 Å². The first kappa shape index (κ1) is 4.90. The standard InChI is InChI=1S/C5H9N4/c1-8-6-5-3-2-4-9(5)7-8/h2-4H2,1H3/q+1. The lowest BCUT2D eigenvalue weighted by Gasteiger charge is -1.77. The summed E-state index contributed by atoms with van der Waals surface area (Å²) in [7, 11) is 1.85. The van der Waals surface area contributed by atoms with Crippen LogP contribution < -0.4 is 4.68 Å². The minimum atomic E-state index is 1.04. The van der Waals surface area contributed by atoms with Crippen LogP contribution in [-0.2, 0) is 20.0 Å². The Morgan fingerprint density at radius 2 is 2.56 bits per heavy atom. The molecule has 4 heteroatoms. The number of rotatable bonds is 0. The lowest BCUT2D eigenvalue weighted by Crippen LogP contribution is -2.35. The van der Waals surface area contributed by atoms with Gasteiger partial charge in [-0.15, -0.1) is 4.68 Å². The number of tetrazole rings is 1. The zero-order valence-electron chi connectivity index (χ0n) is 5.41. The summed E-state index contributed by atoms with van der Waals surface area (Å²) in [5.41, 5.74) is 0. The molecule has 2 rings (SSSR count). The summed E-state index contributed by atoms with van der Waals surface area (Å²) < 4.78 is 1.96. The van der Waals surface area contributed by atoms with E-state index in [-0.39, 0.29) is 0 Å². The van der Waals surface area contributed by atoms with Gasteiger partial charge in [0, 0.05) is 6.42 Å². The van der Waals surface area contributed by atoms with E-state index in [9.17, 15) is 0 Å². The average Bonchev–Trinajstić information content (AvgIpc) is 2.22. The van der Waals surface area contributed by atoms with Gasteiger partial charge in [0.15, 0.2) is 0 Å². The second-order valence-corrected chi connectivity index (χ2v) is 2.32. The summed E-state index contributed by atoms with van der Waals surface area (Å²) in [6.45, 7) is 1.04. The van der Waals surface area contributed by atoms with Gasteiger partial charge in [0.1, 0.15) is 7.05 Å². The first-order valence-electron chi connectivity index (χ1n) is 3.16. The van der Waals surface area contributed by atoms with E-state index in [1.54, 1.807) is 4.80 Å². The number of hydrogen-bond acceptors (Lipinski definition) is 2. The van der Waals surface area contributed by atoms with Crippen molar-refractivity contribution in [1.29, 1.82) is 0 Å². The maximum absolute atomic E-state index is 4.16. The van der Waals surface area contributed by atoms with E-state index in [4.69, 9.17) is 0 Å². The first-order valence-corrected chi connectivity index (χ1v) is 3.16. The largest absolute Gasteiger partial charge is 0.298 e. The number of fused-ring (bicyclic) bond motifs is 1. The molecule has 0 amide bonds. The summed E-state index contributed by atoms with van der Waals surface area (Å²) in [4.78, 5) is 1.62. The van der Waals surface area contributed by atoms with Gasteiger partial charge in [0.25, 0.3) is 5.82 Å². The fourth-order valence-corrected chi connectivity index (χ4v) is 1.19. The third-order valence-electron chi connectivity index (χ3n) is 1.57. The molecule has 48 valence electrons. The van der Waals surface area contributed by atoms with E-state index in [2.05, 4.69) is 10.3 Å². The monoisotopic (exact) mass is 125 g/mol. The second kappa shape index (κ2) is 1.52. The maximum atomic E-state index is 4.16. The highest BCUT2D eigenvalue weighted by molar-refractivity contribution is 4.71. The molecular weight excluding hydrogens is 116 g/mol. The zero-order chi connectivity index (χ0) is 6.27. The molecule has 1 aromatic heterocycles. The molecule has 1 aromatic rings. The molecule has 1 aliphatic rings. The minimum Gasteiger partial charge on any atom is -0.137 e. The summed E-state index contributed by atoms with van der Waals surface area (Å²) >= 11 is 0. The Labute approximate surface area is 53.1 Å². The zero-order valence-corrected chi connectivity index (χ0v) is 5.41. The molecule has 0 bridgehead atoms. The molecular formula is C5H9N4+. The van der Waals surface area contributed by atoms with Crippen LogP contribution >= 0.6 is 0 Å². The molecule has 0 atom stereocenters. The first-order chi connectivity index (χ1) is 4.36. The Bertz CT molecular complexity index is 205. The van der Waals surface area contributed by atoms with Crippen molar-refractivity contribution < 1.29 is 4.68 Å². The maximum Gasteiger partial charge on any atom is 0.298 e. The van der Waals surface area contributed by atoms with E-state index in [0.29, 0.717) is 0 Å². The van der Waals surface area contributed by atoms with Crippen molar-refractivity contribution in [1.82, 2.24) is 15.1 Å². The molecule has 0 N–H and O–H groups in total. The van der Waals surface area contributed by atoms with E-state index in [1.807, 2.05) is 11.7 Å². The van der Waals surface area contributed by atoms with Crippen molar-refractivity contribution >= 4 is 0 Å². The molecule has 4 nitrogen and oxygen atoms in total. The highest BCUT2D eigenvalue weighted by Crippen LogP contribution is 1.98. The number of aryl methyl sites for hydroxylation is 3. The van der Waals surface area contributed by atoms with Gasteiger partial charge in [-0.2, -0.15) is 0 Å². The fourth-order valence-electron chi connectivity index (χ4n) is 1.19. The molecule has 0 saturated carbocycles. The van der Waals surface area contributed by atoms with Crippen LogP contribution in [0.25, 0.3) is 0 Å². The topological polar surface area (TPSA) is 34.6 Å². The van der Waals surface area contributed by atoms with Crippen LogP contribution in [0.1, 0.15) is 12.2 Å². The third-order valence-corrected chi connectivity index (χ3v) is 1.57. The summed E-state index contributed by atoms with van der Waals surface area (Å²) in [6, 6.07) is 0. The Hall–Kier alpha value is -0.930. The summed E-state index contributed by atoms with van der Waals surface area (Å²) in [5.74, 6) is 1.12. The van der Waals surface area contributed by atoms with Crippen molar-refractivity contribution in [2.45, 2.75) is 19.4 Å². The van der Waals surface area contributed by atoms with Crippen molar-refractivity contribution in [2.24, 2.45) is 7.05 Å². The number of hydrogen-bond donors (Lipinski definition) is 0. The van der Waals surface area contributed by atoms with Gasteiger partial charge in [-0.25, -0.2) is 0 Å². The van der Waals surface area contributed by atoms with Gasteiger partial charge in [-0.05, 0) is 11.2 Å². The summed E-state index contributed by atoms with van der Waals surface area (Å²) in [5, 5.41) is 8.27. The van der Waals surface area contributed by atoms with Crippen molar-refractivity contribution in [3.8, 4) is 0 Å². The molecule has 2 heterocycles. The Morgan fingerprint density at radius 3 is 3.33 bits per heavy atom. The van der Waals surface area contributed by atoms with Gasteiger partial charge in [-0.1, -0.05) is 0 Å². The van der Waals surface area contributed by atoms with Gasteiger partial charge >= 0.3 is 0 Å². The minimum absolute atomic E-state index is 1.04. The molecule has 9 heavy (non-hydrogen) atoms. The molecule has 0 fully saturated rings. The van der Waals surface area contributed by atoms with Crippen LogP contribution in [0, 0.1) is 0 Å². The SMILES string of the molecule is Cn1nc2[n+](n1)CCC2. The molecule has 0 unspecified atom stereocenters. The highest BCUT2D eigenvalue weighted by Gasteiger charge is 2.21. The molecule has 0 radical (unpaired) electrons. The second-order valence-electron chi connectivity index (χ2n) is 2.32. The van der Waals surface area contributed by atoms with Crippen LogP contribution in [-0.4, -0.2) is 15.1 Å². The Kier molecular flexibility index (Phi) is 0.831. The Balaban J connectivity index is 2.51. The molecule has 0 saturated heterocycles. The van der Waals surface area contributed by atoms with Crippen molar-refractivity contribution in [2.75, 3.05) is 0 Å². The number of aromatic nitrogens is 4. The van der Waals surface area contributed by atoms with E-state index < -0.39 is 0 Å². The summed E-state index contributed by atoms with van der Waals surface area (Å²) in [6.07, 6.45) is 2.30. The van der Waals surface area contributed by atoms with Crippen LogP contribution in [0.3, 0.4) is 0 Å². The van der Waals surface area contributed by atoms with Crippen molar-refractivity contribution in [3.05, 3.63) is 5.82 Å².